The van der Waals surface area contributed by atoms with Crippen molar-refractivity contribution in [2.75, 3.05) is 0 Å². The second kappa shape index (κ2) is 5.43. The molecular weight excluding hydrogens is 331 g/mol. The maximum absolute atomic E-state index is 14.0. The number of rotatable bonds is 2. The van der Waals surface area contributed by atoms with Crippen LogP contribution in [0, 0.1) is 19.7 Å². The van der Waals surface area contributed by atoms with Crippen LogP contribution in [0.15, 0.2) is 34.8 Å². The molecule has 0 heterocycles. The summed E-state index contributed by atoms with van der Waals surface area (Å²) in [5, 5.41) is 0.433. The highest BCUT2D eigenvalue weighted by molar-refractivity contribution is 9.10. The van der Waals surface area contributed by atoms with Crippen LogP contribution in [0.1, 0.15) is 27.0 Å². The predicted molar refractivity (Wildman–Crippen MR) is 78.5 cm³/mol. The zero-order valence-corrected chi connectivity index (χ0v) is 12.8. The van der Waals surface area contributed by atoms with Crippen LogP contribution in [-0.4, -0.2) is 5.78 Å². The van der Waals surface area contributed by atoms with Crippen LogP contribution >= 0.6 is 27.5 Å². The maximum atomic E-state index is 14.0. The van der Waals surface area contributed by atoms with Gasteiger partial charge in [-0.15, -0.1) is 0 Å². The topological polar surface area (TPSA) is 17.1 Å². The lowest BCUT2D eigenvalue weighted by Gasteiger charge is -2.08. The number of aryl methyl sites for hydroxylation is 2. The summed E-state index contributed by atoms with van der Waals surface area (Å²) in [6, 6.07) is 7.99. The molecule has 2 aromatic rings. The van der Waals surface area contributed by atoms with E-state index in [1.54, 1.807) is 32.0 Å². The molecule has 0 amide bonds. The van der Waals surface area contributed by atoms with E-state index in [0.717, 1.165) is 5.56 Å². The van der Waals surface area contributed by atoms with Crippen molar-refractivity contribution in [3.05, 3.63) is 67.9 Å². The lowest BCUT2D eigenvalue weighted by atomic mass is 9.97. The second-order valence-corrected chi connectivity index (χ2v) is 5.78. The number of hydrogen-bond acceptors (Lipinski definition) is 1. The minimum absolute atomic E-state index is 0.0970. The first kappa shape index (κ1) is 14.2. The largest absolute Gasteiger partial charge is 0.288 e. The first-order valence-electron chi connectivity index (χ1n) is 5.66. The van der Waals surface area contributed by atoms with Gasteiger partial charge >= 0.3 is 0 Å². The van der Waals surface area contributed by atoms with Gasteiger partial charge in [0.15, 0.2) is 5.78 Å². The smallest absolute Gasteiger partial charge is 0.196 e. The zero-order chi connectivity index (χ0) is 14.2. The van der Waals surface area contributed by atoms with Crippen LogP contribution in [-0.2, 0) is 0 Å². The Morgan fingerprint density at radius 1 is 1.16 bits per heavy atom. The normalized spacial score (nSPS) is 10.6. The fourth-order valence-corrected chi connectivity index (χ4v) is 2.89. The van der Waals surface area contributed by atoms with Crippen LogP contribution < -0.4 is 0 Å². The minimum Gasteiger partial charge on any atom is -0.288 e. The molecule has 0 N–H and O–H groups in total. The summed E-state index contributed by atoms with van der Waals surface area (Å²) < 4.78 is 14.7. The summed E-state index contributed by atoms with van der Waals surface area (Å²) in [6.07, 6.45) is 0. The lowest BCUT2D eigenvalue weighted by Crippen LogP contribution is -2.07. The van der Waals surface area contributed by atoms with Crippen molar-refractivity contribution in [3.63, 3.8) is 0 Å². The van der Waals surface area contributed by atoms with E-state index in [9.17, 15) is 9.18 Å². The van der Waals surface area contributed by atoms with Crippen LogP contribution in [0.3, 0.4) is 0 Å². The zero-order valence-electron chi connectivity index (χ0n) is 10.4. The van der Waals surface area contributed by atoms with Gasteiger partial charge in [0.05, 0.1) is 5.56 Å². The summed E-state index contributed by atoms with van der Waals surface area (Å²) in [4.78, 5) is 12.4. The molecule has 19 heavy (non-hydrogen) atoms. The van der Waals surface area contributed by atoms with Crippen LogP contribution in [0.2, 0.25) is 5.02 Å². The quantitative estimate of drug-likeness (QED) is 0.695. The van der Waals surface area contributed by atoms with Crippen LogP contribution in [0.5, 0.6) is 0 Å². The monoisotopic (exact) mass is 340 g/mol. The number of hydrogen-bond donors (Lipinski definition) is 0. The van der Waals surface area contributed by atoms with E-state index in [4.69, 9.17) is 11.6 Å². The SMILES string of the molecule is Cc1cc(C)c(C(=O)c2cc(Cl)cc(Br)c2)c(F)c1. The maximum Gasteiger partial charge on any atom is 0.196 e. The number of benzene rings is 2. The summed E-state index contributed by atoms with van der Waals surface area (Å²) in [6.45, 7) is 3.52. The molecule has 2 aromatic carbocycles. The van der Waals surface area contributed by atoms with Gasteiger partial charge in [0, 0.05) is 15.1 Å². The summed E-state index contributed by atoms with van der Waals surface area (Å²) in [5.74, 6) is -0.864. The average Bonchev–Trinajstić information content (AvgIpc) is 2.25. The molecule has 0 aliphatic heterocycles. The summed E-state index contributed by atoms with van der Waals surface area (Å²) in [5.41, 5.74) is 1.88. The summed E-state index contributed by atoms with van der Waals surface area (Å²) >= 11 is 9.18. The molecule has 98 valence electrons. The molecule has 0 spiro atoms. The van der Waals surface area contributed by atoms with Gasteiger partial charge in [0.25, 0.3) is 0 Å². The molecule has 1 nitrogen and oxygen atoms in total. The van der Waals surface area contributed by atoms with Gasteiger partial charge in [-0.3, -0.25) is 4.79 Å². The first-order chi connectivity index (χ1) is 8.88. The van der Waals surface area contributed by atoms with E-state index in [1.165, 1.54) is 12.1 Å². The number of carbonyl (C=O) groups is 1. The Kier molecular flexibility index (Phi) is 4.07. The molecule has 0 aliphatic carbocycles. The minimum atomic E-state index is -0.501. The molecule has 0 fully saturated rings. The molecule has 0 aliphatic rings. The highest BCUT2D eigenvalue weighted by Gasteiger charge is 2.18. The molecule has 4 heteroatoms. The molecule has 0 bridgehead atoms. The van der Waals surface area contributed by atoms with Crippen molar-refractivity contribution in [2.24, 2.45) is 0 Å². The molecule has 0 atom stereocenters. The van der Waals surface area contributed by atoms with E-state index < -0.39 is 5.82 Å². The van der Waals surface area contributed by atoms with Gasteiger partial charge in [-0.25, -0.2) is 4.39 Å². The Balaban J connectivity index is 2.56. The molecule has 0 saturated carbocycles. The van der Waals surface area contributed by atoms with E-state index >= 15 is 0 Å². The predicted octanol–water partition coefficient (Wildman–Crippen LogP) is 5.09. The van der Waals surface area contributed by atoms with Gasteiger partial charge in [-0.05, 0) is 49.2 Å². The van der Waals surface area contributed by atoms with Gasteiger partial charge in [-0.2, -0.15) is 0 Å². The summed E-state index contributed by atoms with van der Waals surface area (Å²) in [7, 11) is 0. The Hall–Kier alpha value is -1.19. The highest BCUT2D eigenvalue weighted by Crippen LogP contribution is 2.24. The van der Waals surface area contributed by atoms with Gasteiger partial charge in [0.1, 0.15) is 5.82 Å². The standard InChI is InChI=1S/C15H11BrClFO/c1-8-3-9(2)14(13(18)4-8)15(19)10-5-11(16)7-12(17)6-10/h3-7H,1-2H3. The number of halogens is 3. The Morgan fingerprint density at radius 2 is 1.84 bits per heavy atom. The average molecular weight is 342 g/mol. The Bertz CT molecular complexity index is 624. The number of ketones is 1. The lowest BCUT2D eigenvalue weighted by molar-refractivity contribution is 0.103. The highest BCUT2D eigenvalue weighted by atomic mass is 79.9. The molecular formula is C15H11BrClFO. The van der Waals surface area contributed by atoms with Crippen molar-refractivity contribution >= 4 is 33.3 Å². The third-order valence-corrected chi connectivity index (χ3v) is 3.46. The molecule has 0 aromatic heterocycles. The van der Waals surface area contributed by atoms with Crippen LogP contribution in [0.4, 0.5) is 4.39 Å². The van der Waals surface area contributed by atoms with Gasteiger partial charge in [0.2, 0.25) is 0 Å². The second-order valence-electron chi connectivity index (χ2n) is 4.43. The van der Waals surface area contributed by atoms with E-state index in [0.29, 0.717) is 20.6 Å². The van der Waals surface area contributed by atoms with E-state index in [2.05, 4.69) is 15.9 Å². The van der Waals surface area contributed by atoms with Crippen LogP contribution in [0.25, 0.3) is 0 Å². The van der Waals surface area contributed by atoms with Crippen molar-refractivity contribution < 1.29 is 9.18 Å². The van der Waals surface area contributed by atoms with Gasteiger partial charge in [-0.1, -0.05) is 33.6 Å². The van der Waals surface area contributed by atoms with E-state index in [1.807, 2.05) is 0 Å². The Morgan fingerprint density at radius 3 is 2.42 bits per heavy atom. The Labute approximate surface area is 124 Å². The van der Waals surface area contributed by atoms with Crippen molar-refractivity contribution in [3.8, 4) is 0 Å². The fourth-order valence-electron chi connectivity index (χ4n) is 2.03. The van der Waals surface area contributed by atoms with Crippen molar-refractivity contribution in [2.45, 2.75) is 13.8 Å². The van der Waals surface area contributed by atoms with Gasteiger partial charge < -0.3 is 0 Å². The third kappa shape index (κ3) is 3.04. The fraction of sp³-hybridized carbons (Fsp3) is 0.133. The molecule has 2 rings (SSSR count). The van der Waals surface area contributed by atoms with Crippen molar-refractivity contribution in [1.82, 2.24) is 0 Å². The molecule has 0 unspecified atom stereocenters. The third-order valence-electron chi connectivity index (χ3n) is 2.78. The van der Waals surface area contributed by atoms with E-state index in [-0.39, 0.29) is 11.3 Å². The molecule has 0 radical (unpaired) electrons. The molecule has 0 saturated heterocycles. The number of carbonyl (C=O) groups excluding carboxylic acids is 1. The first-order valence-corrected chi connectivity index (χ1v) is 6.83. The van der Waals surface area contributed by atoms with Crippen molar-refractivity contribution in [1.29, 1.82) is 0 Å².